The summed E-state index contributed by atoms with van der Waals surface area (Å²) in [5, 5.41) is 14.6. The van der Waals surface area contributed by atoms with E-state index in [1.165, 1.54) is 22.3 Å². The van der Waals surface area contributed by atoms with Crippen LogP contribution in [0.1, 0.15) is 56.1 Å². The highest BCUT2D eigenvalue weighted by atomic mass is 16.5. The van der Waals surface area contributed by atoms with Gasteiger partial charge in [0.05, 0.1) is 0 Å². The van der Waals surface area contributed by atoms with Gasteiger partial charge in [0, 0.05) is 18.9 Å². The van der Waals surface area contributed by atoms with Crippen molar-refractivity contribution in [3.05, 3.63) is 59.7 Å². The zero-order valence-corrected chi connectivity index (χ0v) is 19.5. The van der Waals surface area contributed by atoms with Crippen molar-refractivity contribution in [3.63, 3.8) is 0 Å². The summed E-state index contributed by atoms with van der Waals surface area (Å²) in [6.07, 6.45) is 2.70. The first-order valence-electron chi connectivity index (χ1n) is 12.1. The maximum Gasteiger partial charge on any atom is 0.407 e. The summed E-state index contributed by atoms with van der Waals surface area (Å²) >= 11 is 0. The first-order chi connectivity index (χ1) is 16.5. The van der Waals surface area contributed by atoms with Gasteiger partial charge >= 0.3 is 12.1 Å². The normalized spacial score (nSPS) is 19.3. The van der Waals surface area contributed by atoms with Crippen LogP contribution < -0.4 is 10.6 Å². The van der Waals surface area contributed by atoms with E-state index in [4.69, 9.17) is 9.84 Å². The van der Waals surface area contributed by atoms with Gasteiger partial charge in [-0.2, -0.15) is 0 Å². The summed E-state index contributed by atoms with van der Waals surface area (Å²) in [5.41, 5.74) is 4.75. The average molecular weight is 465 g/mol. The molecule has 7 heteroatoms. The fraction of sp³-hybridized carbons (Fsp3) is 0.444. The van der Waals surface area contributed by atoms with Crippen LogP contribution in [0.15, 0.2) is 48.5 Å². The van der Waals surface area contributed by atoms with Gasteiger partial charge in [-0.1, -0.05) is 61.9 Å². The van der Waals surface area contributed by atoms with E-state index < -0.39 is 18.1 Å². The minimum Gasteiger partial charge on any atom is -0.480 e. The molecule has 2 aliphatic rings. The lowest BCUT2D eigenvalue weighted by molar-refractivity contribution is -0.142. The van der Waals surface area contributed by atoms with Crippen LogP contribution >= 0.6 is 0 Å². The molecule has 0 spiro atoms. The van der Waals surface area contributed by atoms with Crippen molar-refractivity contribution in [2.24, 2.45) is 11.8 Å². The van der Waals surface area contributed by atoms with Gasteiger partial charge < -0.3 is 20.5 Å². The topological polar surface area (TPSA) is 105 Å². The molecule has 34 heavy (non-hydrogen) atoms. The Morgan fingerprint density at radius 1 is 1.00 bits per heavy atom. The first kappa shape index (κ1) is 23.8. The van der Waals surface area contributed by atoms with Crippen molar-refractivity contribution >= 4 is 18.0 Å². The lowest BCUT2D eigenvalue weighted by Crippen LogP contribution is -2.43. The maximum absolute atomic E-state index is 12.3. The standard InChI is InChI=1S/C27H32N2O5/c1-2-7-24(26(31)32)29-25(30)14-17-12-18(13-17)15-28-27(33)34-16-23-21-10-5-3-8-19(21)20-9-4-6-11-22(20)23/h3-6,8-11,17-18,23-24H,2,7,12-16H2,1H3,(H,28,33)(H,29,30)(H,31,32)/t17?,18?,24-/m1/s1. The molecule has 0 saturated heterocycles. The Morgan fingerprint density at radius 2 is 1.62 bits per heavy atom. The fourth-order valence-electron chi connectivity index (χ4n) is 5.15. The van der Waals surface area contributed by atoms with E-state index in [1.54, 1.807) is 0 Å². The summed E-state index contributed by atoms with van der Waals surface area (Å²) in [6, 6.07) is 15.6. The Labute approximate surface area is 199 Å². The van der Waals surface area contributed by atoms with E-state index >= 15 is 0 Å². The number of hydrogen-bond donors (Lipinski definition) is 3. The molecule has 0 heterocycles. The minimum absolute atomic E-state index is 0.0343. The Morgan fingerprint density at radius 3 is 2.21 bits per heavy atom. The summed E-state index contributed by atoms with van der Waals surface area (Å²) in [5.74, 6) is -0.635. The number of carboxylic acid groups (broad SMARTS) is 1. The van der Waals surface area contributed by atoms with Crippen molar-refractivity contribution in [1.29, 1.82) is 0 Å². The number of amides is 2. The van der Waals surface area contributed by atoms with E-state index in [2.05, 4.69) is 34.9 Å². The van der Waals surface area contributed by atoms with E-state index in [1.807, 2.05) is 31.2 Å². The van der Waals surface area contributed by atoms with Crippen LogP contribution in [0.5, 0.6) is 0 Å². The molecule has 2 aliphatic carbocycles. The summed E-state index contributed by atoms with van der Waals surface area (Å²) in [4.78, 5) is 35.6. The number of benzene rings is 2. The van der Waals surface area contributed by atoms with Gasteiger partial charge in [0.15, 0.2) is 0 Å². The number of carbonyl (C=O) groups excluding carboxylic acids is 2. The highest BCUT2D eigenvalue weighted by Crippen LogP contribution is 2.44. The number of hydrogen-bond acceptors (Lipinski definition) is 4. The third-order valence-corrected chi connectivity index (χ3v) is 6.90. The van der Waals surface area contributed by atoms with Gasteiger partial charge in [-0.05, 0) is 53.4 Å². The zero-order chi connectivity index (χ0) is 24.1. The van der Waals surface area contributed by atoms with Crippen LogP contribution in [0, 0.1) is 11.8 Å². The van der Waals surface area contributed by atoms with Crippen LogP contribution in [0.3, 0.4) is 0 Å². The molecule has 2 aromatic carbocycles. The van der Waals surface area contributed by atoms with Gasteiger partial charge in [-0.25, -0.2) is 9.59 Å². The Hall–Kier alpha value is -3.35. The van der Waals surface area contributed by atoms with Crippen molar-refractivity contribution in [3.8, 4) is 11.1 Å². The SMILES string of the molecule is CCC[C@@H](NC(=O)CC1CC(CNC(=O)OCC2c3ccccc3-c3ccccc32)C1)C(=O)O. The molecule has 0 aromatic heterocycles. The minimum atomic E-state index is -0.992. The molecule has 2 aromatic rings. The number of carboxylic acids is 1. The van der Waals surface area contributed by atoms with E-state index in [9.17, 15) is 14.4 Å². The van der Waals surface area contributed by atoms with Gasteiger partial charge in [0.1, 0.15) is 12.6 Å². The summed E-state index contributed by atoms with van der Waals surface area (Å²) in [6.45, 7) is 2.69. The Bertz CT molecular complexity index is 1000. The van der Waals surface area contributed by atoms with Crippen LogP contribution in [0.2, 0.25) is 0 Å². The third-order valence-electron chi connectivity index (χ3n) is 6.90. The largest absolute Gasteiger partial charge is 0.480 e. The molecule has 180 valence electrons. The molecule has 3 N–H and O–H groups in total. The van der Waals surface area contributed by atoms with Gasteiger partial charge in [-0.3, -0.25) is 4.79 Å². The molecule has 2 amide bonds. The number of nitrogens with one attached hydrogen (secondary N) is 2. The van der Waals surface area contributed by atoms with Crippen molar-refractivity contribution < 1.29 is 24.2 Å². The Kier molecular flexibility index (Phi) is 7.50. The molecule has 1 fully saturated rings. The van der Waals surface area contributed by atoms with Crippen LogP contribution in [0.4, 0.5) is 4.79 Å². The summed E-state index contributed by atoms with van der Waals surface area (Å²) < 4.78 is 5.57. The lowest BCUT2D eigenvalue weighted by atomic mass is 9.73. The second kappa shape index (κ2) is 10.7. The van der Waals surface area contributed by atoms with Crippen LogP contribution in [-0.4, -0.2) is 42.3 Å². The fourth-order valence-corrected chi connectivity index (χ4v) is 5.15. The molecule has 0 aliphatic heterocycles. The first-order valence-corrected chi connectivity index (χ1v) is 12.1. The number of fused-ring (bicyclic) bond motifs is 3. The highest BCUT2D eigenvalue weighted by Gasteiger charge is 2.32. The van der Waals surface area contributed by atoms with Crippen molar-refractivity contribution in [1.82, 2.24) is 10.6 Å². The van der Waals surface area contributed by atoms with E-state index in [-0.39, 0.29) is 24.3 Å². The molecule has 7 nitrogen and oxygen atoms in total. The van der Waals surface area contributed by atoms with Crippen molar-refractivity contribution in [2.45, 2.75) is 51.0 Å². The molecule has 0 unspecified atom stereocenters. The number of ether oxygens (including phenoxy) is 1. The second-order valence-electron chi connectivity index (χ2n) is 9.36. The molecular weight excluding hydrogens is 432 g/mol. The molecular formula is C27H32N2O5. The molecule has 0 bridgehead atoms. The second-order valence-corrected chi connectivity index (χ2v) is 9.36. The number of alkyl carbamates (subject to hydrolysis) is 1. The van der Waals surface area contributed by atoms with Crippen molar-refractivity contribution in [2.75, 3.05) is 13.2 Å². The van der Waals surface area contributed by atoms with Gasteiger partial charge in [-0.15, -0.1) is 0 Å². The summed E-state index contributed by atoms with van der Waals surface area (Å²) in [7, 11) is 0. The Balaban J connectivity index is 1.17. The number of carbonyl (C=O) groups is 3. The average Bonchev–Trinajstić information content (AvgIpc) is 3.12. The maximum atomic E-state index is 12.3. The molecule has 0 radical (unpaired) electrons. The number of rotatable bonds is 10. The number of aliphatic carboxylic acids is 1. The monoisotopic (exact) mass is 464 g/mol. The lowest BCUT2D eigenvalue weighted by Gasteiger charge is -2.35. The predicted molar refractivity (Wildman–Crippen MR) is 128 cm³/mol. The molecule has 4 rings (SSSR count). The van der Waals surface area contributed by atoms with Gasteiger partial charge in [0.2, 0.25) is 5.91 Å². The highest BCUT2D eigenvalue weighted by molar-refractivity contribution is 5.83. The predicted octanol–water partition coefficient (Wildman–Crippen LogP) is 4.31. The quantitative estimate of drug-likeness (QED) is 0.486. The molecule has 1 atom stereocenters. The van der Waals surface area contributed by atoms with E-state index in [0.29, 0.717) is 31.7 Å². The van der Waals surface area contributed by atoms with Gasteiger partial charge in [0.25, 0.3) is 0 Å². The smallest absolute Gasteiger partial charge is 0.407 e. The van der Waals surface area contributed by atoms with E-state index in [0.717, 1.165) is 12.8 Å². The van der Waals surface area contributed by atoms with Crippen LogP contribution in [0.25, 0.3) is 11.1 Å². The zero-order valence-electron chi connectivity index (χ0n) is 19.5. The third kappa shape index (κ3) is 5.41. The molecule has 1 saturated carbocycles. The van der Waals surface area contributed by atoms with Crippen LogP contribution in [-0.2, 0) is 14.3 Å².